The molecule has 0 radical (unpaired) electrons. The van der Waals surface area contributed by atoms with E-state index >= 15 is 0 Å². The Balaban J connectivity index is 1.61. The number of unbranched alkanes of at least 4 members (excludes halogenated alkanes) is 2. The first-order valence-electron chi connectivity index (χ1n) is 9.45. The van der Waals surface area contributed by atoms with Gasteiger partial charge in [-0.25, -0.2) is 0 Å². The van der Waals surface area contributed by atoms with Gasteiger partial charge >= 0.3 is 0 Å². The number of hydrogen-bond acceptors (Lipinski definition) is 7. The lowest BCUT2D eigenvalue weighted by Crippen LogP contribution is -2.23. The SMILES string of the molecule is CCCCCSc1nnc2c(n1)O[C@H](/C=C/c1ccco1)Nc1ccccc1-2. The fourth-order valence-electron chi connectivity index (χ4n) is 2.90. The van der Waals surface area contributed by atoms with E-state index in [1.54, 1.807) is 18.0 Å². The van der Waals surface area contributed by atoms with Gasteiger partial charge in [0.05, 0.1) is 6.26 Å². The summed E-state index contributed by atoms with van der Waals surface area (Å²) in [5, 5.41) is 12.8. The molecule has 6 nitrogen and oxygen atoms in total. The molecular formula is C21H22N4O2S. The number of fused-ring (bicyclic) bond motifs is 3. The van der Waals surface area contributed by atoms with E-state index < -0.39 is 6.23 Å². The highest BCUT2D eigenvalue weighted by Gasteiger charge is 2.23. The van der Waals surface area contributed by atoms with Gasteiger partial charge in [0.15, 0.2) is 11.9 Å². The van der Waals surface area contributed by atoms with Gasteiger partial charge in [0, 0.05) is 17.0 Å². The number of rotatable bonds is 7. The van der Waals surface area contributed by atoms with E-state index in [-0.39, 0.29) is 0 Å². The van der Waals surface area contributed by atoms with Gasteiger partial charge in [-0.05, 0) is 36.8 Å². The number of nitrogens with one attached hydrogen (secondary N) is 1. The fourth-order valence-corrected chi connectivity index (χ4v) is 3.68. The van der Waals surface area contributed by atoms with Crippen LogP contribution in [0.25, 0.3) is 17.3 Å². The van der Waals surface area contributed by atoms with Gasteiger partial charge in [-0.15, -0.1) is 10.2 Å². The maximum atomic E-state index is 6.14. The van der Waals surface area contributed by atoms with Gasteiger partial charge in [-0.3, -0.25) is 0 Å². The predicted octanol–water partition coefficient (Wildman–Crippen LogP) is 5.26. The Bertz CT molecular complexity index is 943. The molecule has 1 atom stereocenters. The molecule has 3 aromatic rings. The Morgan fingerprint density at radius 2 is 2.07 bits per heavy atom. The molecule has 0 saturated carbocycles. The second-order valence-electron chi connectivity index (χ2n) is 6.41. The average molecular weight is 395 g/mol. The summed E-state index contributed by atoms with van der Waals surface area (Å²) in [6.07, 6.45) is 8.56. The highest BCUT2D eigenvalue weighted by molar-refractivity contribution is 7.99. The van der Waals surface area contributed by atoms with E-state index in [4.69, 9.17) is 9.15 Å². The minimum absolute atomic E-state index is 0.401. The van der Waals surface area contributed by atoms with E-state index in [1.165, 1.54) is 12.8 Å². The number of ether oxygens (including phenoxy) is 1. The van der Waals surface area contributed by atoms with Crippen LogP contribution in [0.15, 0.2) is 58.3 Å². The zero-order valence-electron chi connectivity index (χ0n) is 15.7. The van der Waals surface area contributed by atoms with Crippen LogP contribution in [0.5, 0.6) is 5.88 Å². The fraction of sp³-hybridized carbons (Fsp3) is 0.286. The standard InChI is InChI=1S/C21H22N4O2S/c1-2-3-6-14-28-21-23-20-19(24-25-21)16-9-4-5-10-17(16)22-18(27-20)12-11-15-8-7-13-26-15/h4-5,7-13,18,22H,2-3,6,14H2,1H3/b12-11+/t18-/m1/s1. The number of nitrogens with zero attached hydrogens (tertiary/aromatic N) is 3. The van der Waals surface area contributed by atoms with Gasteiger partial charge in [-0.1, -0.05) is 49.7 Å². The zero-order valence-corrected chi connectivity index (χ0v) is 16.5. The number of thioether (sulfide) groups is 1. The Morgan fingerprint density at radius 3 is 2.93 bits per heavy atom. The van der Waals surface area contributed by atoms with Crippen molar-refractivity contribution in [1.82, 2.24) is 15.2 Å². The quantitative estimate of drug-likeness (QED) is 0.433. The van der Waals surface area contributed by atoms with E-state index in [1.807, 2.05) is 48.6 Å². The molecule has 0 spiro atoms. The van der Waals surface area contributed by atoms with Crippen molar-refractivity contribution in [1.29, 1.82) is 0 Å². The Labute approximate surface area is 168 Å². The molecule has 4 rings (SSSR count). The van der Waals surface area contributed by atoms with Crippen molar-refractivity contribution in [3.63, 3.8) is 0 Å². The number of furan rings is 1. The first-order valence-corrected chi connectivity index (χ1v) is 10.4. The Morgan fingerprint density at radius 1 is 1.14 bits per heavy atom. The molecule has 0 saturated heterocycles. The van der Waals surface area contributed by atoms with Crippen LogP contribution < -0.4 is 10.1 Å². The summed E-state index contributed by atoms with van der Waals surface area (Å²) in [4.78, 5) is 4.63. The Hall–Kier alpha value is -2.80. The van der Waals surface area contributed by atoms with E-state index in [2.05, 4.69) is 27.4 Å². The maximum Gasteiger partial charge on any atom is 0.247 e. The molecule has 7 heteroatoms. The predicted molar refractivity (Wildman–Crippen MR) is 111 cm³/mol. The van der Waals surface area contributed by atoms with Gasteiger partial charge in [0.2, 0.25) is 11.0 Å². The lowest BCUT2D eigenvalue weighted by molar-refractivity contribution is 0.266. The summed E-state index contributed by atoms with van der Waals surface area (Å²) in [6, 6.07) is 11.7. The summed E-state index contributed by atoms with van der Waals surface area (Å²) in [5.41, 5.74) is 2.50. The molecule has 0 aliphatic carbocycles. The molecule has 1 aliphatic heterocycles. The van der Waals surface area contributed by atoms with Crippen LogP contribution in [0.2, 0.25) is 0 Å². The van der Waals surface area contributed by atoms with Gasteiger partial charge in [0.25, 0.3) is 0 Å². The minimum Gasteiger partial charge on any atom is -0.465 e. The molecule has 28 heavy (non-hydrogen) atoms. The monoisotopic (exact) mass is 394 g/mol. The second-order valence-corrected chi connectivity index (χ2v) is 7.47. The van der Waals surface area contributed by atoms with Crippen molar-refractivity contribution in [3.05, 3.63) is 54.5 Å². The molecule has 2 aromatic heterocycles. The first kappa shape index (κ1) is 18.6. The molecule has 3 heterocycles. The van der Waals surface area contributed by atoms with Crippen LogP contribution in [0.4, 0.5) is 5.69 Å². The summed E-state index contributed by atoms with van der Waals surface area (Å²) < 4.78 is 11.5. The summed E-state index contributed by atoms with van der Waals surface area (Å²) in [6.45, 7) is 2.19. The lowest BCUT2D eigenvalue weighted by Gasteiger charge is -2.15. The van der Waals surface area contributed by atoms with Gasteiger partial charge in [-0.2, -0.15) is 4.98 Å². The number of hydrogen-bond donors (Lipinski definition) is 1. The largest absolute Gasteiger partial charge is 0.465 e. The normalized spacial score (nSPS) is 15.4. The molecule has 1 aromatic carbocycles. The third kappa shape index (κ3) is 4.36. The van der Waals surface area contributed by atoms with Crippen LogP contribution in [-0.2, 0) is 0 Å². The topological polar surface area (TPSA) is 73.1 Å². The van der Waals surface area contributed by atoms with E-state index in [0.29, 0.717) is 16.7 Å². The molecule has 0 bridgehead atoms. The van der Waals surface area contributed by atoms with Crippen molar-refractivity contribution in [3.8, 4) is 17.1 Å². The highest BCUT2D eigenvalue weighted by Crippen LogP contribution is 2.36. The van der Waals surface area contributed by atoms with Crippen LogP contribution in [0.3, 0.4) is 0 Å². The molecule has 0 fully saturated rings. The Kier molecular flexibility index (Phi) is 5.92. The molecule has 144 valence electrons. The van der Waals surface area contributed by atoms with Crippen molar-refractivity contribution >= 4 is 23.5 Å². The van der Waals surface area contributed by atoms with Crippen molar-refractivity contribution < 1.29 is 9.15 Å². The van der Waals surface area contributed by atoms with Crippen LogP contribution in [-0.4, -0.2) is 27.2 Å². The number of para-hydroxylation sites is 1. The molecule has 1 N–H and O–H groups in total. The first-order chi connectivity index (χ1) is 13.8. The van der Waals surface area contributed by atoms with Crippen molar-refractivity contribution in [2.45, 2.75) is 37.6 Å². The second kappa shape index (κ2) is 8.93. The average Bonchev–Trinajstić information content (AvgIpc) is 3.18. The zero-order chi connectivity index (χ0) is 19.2. The smallest absolute Gasteiger partial charge is 0.247 e. The minimum atomic E-state index is -0.401. The van der Waals surface area contributed by atoms with E-state index in [0.717, 1.165) is 29.2 Å². The van der Waals surface area contributed by atoms with Gasteiger partial charge < -0.3 is 14.5 Å². The number of anilines is 1. The molecule has 0 amide bonds. The number of benzene rings is 1. The lowest BCUT2D eigenvalue weighted by atomic mass is 10.1. The third-order valence-corrected chi connectivity index (χ3v) is 5.24. The third-order valence-electron chi connectivity index (χ3n) is 4.31. The molecule has 1 aliphatic rings. The van der Waals surface area contributed by atoms with E-state index in [9.17, 15) is 0 Å². The summed E-state index contributed by atoms with van der Waals surface area (Å²) in [5.74, 6) is 2.22. The summed E-state index contributed by atoms with van der Waals surface area (Å²) >= 11 is 1.62. The number of aromatic nitrogens is 3. The van der Waals surface area contributed by atoms with Crippen LogP contribution >= 0.6 is 11.8 Å². The molecular weight excluding hydrogens is 372 g/mol. The maximum absolute atomic E-state index is 6.14. The summed E-state index contributed by atoms with van der Waals surface area (Å²) in [7, 11) is 0. The van der Waals surface area contributed by atoms with Crippen LogP contribution in [0, 0.1) is 0 Å². The highest BCUT2D eigenvalue weighted by atomic mass is 32.2. The van der Waals surface area contributed by atoms with Gasteiger partial charge in [0.1, 0.15) is 5.76 Å². The van der Waals surface area contributed by atoms with Crippen molar-refractivity contribution in [2.75, 3.05) is 11.1 Å². The van der Waals surface area contributed by atoms with Crippen LogP contribution in [0.1, 0.15) is 31.9 Å². The van der Waals surface area contributed by atoms with Crippen molar-refractivity contribution in [2.24, 2.45) is 0 Å². The molecule has 0 unspecified atom stereocenters.